The van der Waals surface area contributed by atoms with Crippen LogP contribution in [-0.2, 0) is 24.8 Å². The quantitative estimate of drug-likeness (QED) is 0.749. The van der Waals surface area contributed by atoms with Crippen LogP contribution in [-0.4, -0.2) is 50.6 Å². The van der Waals surface area contributed by atoms with Gasteiger partial charge in [-0.1, -0.05) is 12.1 Å². The van der Waals surface area contributed by atoms with Gasteiger partial charge in [-0.2, -0.15) is 0 Å². The maximum atomic E-state index is 12.3. The molecule has 6 nitrogen and oxygen atoms in total. The van der Waals surface area contributed by atoms with Crippen LogP contribution in [0.1, 0.15) is 45.6 Å². The van der Waals surface area contributed by atoms with Crippen LogP contribution in [0.25, 0.3) is 0 Å². The van der Waals surface area contributed by atoms with E-state index in [0.717, 1.165) is 11.8 Å². The summed E-state index contributed by atoms with van der Waals surface area (Å²) >= 11 is 0. The third kappa shape index (κ3) is 4.84. The Morgan fingerprint density at radius 3 is 2.38 bits per heavy atom. The monoisotopic (exact) mass is 381 g/mol. The minimum absolute atomic E-state index is 0.245. The number of aldehydes is 1. The van der Waals surface area contributed by atoms with Gasteiger partial charge in [0.15, 0.2) is 9.84 Å². The van der Waals surface area contributed by atoms with E-state index in [1.165, 1.54) is 6.26 Å². The topological polar surface area (TPSA) is 80.8 Å². The van der Waals surface area contributed by atoms with E-state index in [4.69, 9.17) is 4.74 Å². The van der Waals surface area contributed by atoms with Crippen molar-refractivity contribution >= 4 is 22.2 Å². The van der Waals surface area contributed by atoms with Crippen molar-refractivity contribution in [3.05, 3.63) is 29.8 Å². The van der Waals surface area contributed by atoms with Crippen LogP contribution in [0.3, 0.4) is 0 Å². The second kappa shape index (κ2) is 7.39. The number of amides is 1. The maximum Gasteiger partial charge on any atom is 0.410 e. The predicted octanol–water partition coefficient (Wildman–Crippen LogP) is 2.95. The Hall–Kier alpha value is -1.89. The van der Waals surface area contributed by atoms with E-state index in [9.17, 15) is 18.0 Å². The van der Waals surface area contributed by atoms with E-state index in [1.54, 1.807) is 23.1 Å². The van der Waals surface area contributed by atoms with Crippen LogP contribution in [0.2, 0.25) is 0 Å². The van der Waals surface area contributed by atoms with Gasteiger partial charge < -0.3 is 14.4 Å². The van der Waals surface area contributed by atoms with Crippen LogP contribution in [0.15, 0.2) is 29.2 Å². The van der Waals surface area contributed by atoms with Gasteiger partial charge in [0.25, 0.3) is 0 Å². The lowest BCUT2D eigenvalue weighted by Crippen LogP contribution is -2.47. The summed E-state index contributed by atoms with van der Waals surface area (Å²) in [4.78, 5) is 25.5. The number of hydrogen-bond acceptors (Lipinski definition) is 5. The van der Waals surface area contributed by atoms with Crippen molar-refractivity contribution in [1.82, 2.24) is 4.90 Å². The fourth-order valence-corrected chi connectivity index (χ4v) is 3.94. The first-order valence-electron chi connectivity index (χ1n) is 8.69. The minimum atomic E-state index is -3.32. The fourth-order valence-electron chi connectivity index (χ4n) is 3.27. The van der Waals surface area contributed by atoms with Gasteiger partial charge in [0.2, 0.25) is 0 Å². The Morgan fingerprint density at radius 1 is 1.27 bits per heavy atom. The van der Waals surface area contributed by atoms with Gasteiger partial charge >= 0.3 is 6.09 Å². The van der Waals surface area contributed by atoms with Crippen molar-refractivity contribution in [2.24, 2.45) is 0 Å². The molecule has 1 amide bonds. The van der Waals surface area contributed by atoms with Crippen molar-refractivity contribution in [3.63, 3.8) is 0 Å². The van der Waals surface area contributed by atoms with E-state index >= 15 is 0 Å². The third-order valence-electron chi connectivity index (χ3n) is 4.72. The van der Waals surface area contributed by atoms with Crippen LogP contribution in [0, 0.1) is 0 Å². The molecule has 1 heterocycles. The first kappa shape index (κ1) is 20.4. The molecule has 0 atom stereocenters. The Labute approximate surface area is 155 Å². The molecular formula is C19H27NO5S. The molecule has 7 heteroatoms. The number of hydrogen-bond donors (Lipinski definition) is 0. The van der Waals surface area contributed by atoms with Crippen molar-refractivity contribution in [1.29, 1.82) is 0 Å². The summed E-state index contributed by atoms with van der Waals surface area (Å²) in [5.41, 5.74) is -0.185. The van der Waals surface area contributed by atoms with Gasteiger partial charge in [-0.25, -0.2) is 13.2 Å². The number of carbonyl (C=O) groups is 2. The number of benzene rings is 1. The molecule has 0 saturated carbocycles. The summed E-state index contributed by atoms with van der Waals surface area (Å²) < 4.78 is 29.1. The molecule has 0 aromatic heterocycles. The van der Waals surface area contributed by atoms with E-state index < -0.39 is 20.9 Å². The lowest BCUT2D eigenvalue weighted by Gasteiger charge is -2.41. The fraction of sp³-hybridized carbons (Fsp3) is 0.579. The Bertz CT molecular complexity index is 771. The molecule has 1 aliphatic heterocycles. The normalized spacial score (nSPS) is 17.6. The zero-order valence-corrected chi connectivity index (χ0v) is 16.6. The van der Waals surface area contributed by atoms with E-state index in [-0.39, 0.29) is 11.0 Å². The average molecular weight is 381 g/mol. The Morgan fingerprint density at radius 2 is 1.88 bits per heavy atom. The van der Waals surface area contributed by atoms with Gasteiger partial charge in [0.1, 0.15) is 11.9 Å². The van der Waals surface area contributed by atoms with Crippen LogP contribution >= 0.6 is 0 Å². The number of likely N-dealkylation sites (tertiary alicyclic amines) is 1. The average Bonchev–Trinajstić information content (AvgIpc) is 2.53. The number of ether oxygens (including phenoxy) is 1. The largest absolute Gasteiger partial charge is 0.444 e. The predicted molar refractivity (Wildman–Crippen MR) is 99.0 cm³/mol. The van der Waals surface area contributed by atoms with E-state index in [0.29, 0.717) is 32.4 Å². The van der Waals surface area contributed by atoms with Gasteiger partial charge in [-0.3, -0.25) is 0 Å². The van der Waals surface area contributed by atoms with E-state index in [2.05, 4.69) is 0 Å². The molecule has 26 heavy (non-hydrogen) atoms. The molecule has 0 bridgehead atoms. The molecule has 0 aliphatic carbocycles. The highest BCUT2D eigenvalue weighted by atomic mass is 32.2. The standard InChI is InChI=1S/C19H27NO5S/c1-18(2,3)25-17(22)20-11-8-19(9-12-20,10-13-21)15-6-5-7-16(14-15)26(4,23)24/h5-7,13-14H,8-12H2,1-4H3. The summed E-state index contributed by atoms with van der Waals surface area (Å²) in [5, 5.41) is 0. The molecule has 1 aliphatic rings. The van der Waals surface area contributed by atoms with Crippen LogP contribution < -0.4 is 0 Å². The van der Waals surface area contributed by atoms with Gasteiger partial charge in [0, 0.05) is 31.2 Å². The molecule has 2 rings (SSSR count). The second-order valence-electron chi connectivity index (χ2n) is 7.92. The second-order valence-corrected chi connectivity index (χ2v) is 9.93. The number of rotatable bonds is 4. The Kier molecular flexibility index (Phi) is 5.80. The molecule has 144 valence electrons. The SMILES string of the molecule is CC(C)(C)OC(=O)N1CCC(CC=O)(c2cccc(S(C)(=O)=O)c2)CC1. The highest BCUT2D eigenvalue weighted by Gasteiger charge is 2.38. The number of sulfone groups is 1. The van der Waals surface area contributed by atoms with Crippen LogP contribution in [0.5, 0.6) is 0 Å². The zero-order valence-electron chi connectivity index (χ0n) is 15.8. The summed E-state index contributed by atoms with van der Waals surface area (Å²) in [5.74, 6) is 0. The molecular weight excluding hydrogens is 354 g/mol. The van der Waals surface area contributed by atoms with Gasteiger partial charge in [0.05, 0.1) is 4.90 Å². The lowest BCUT2D eigenvalue weighted by molar-refractivity contribution is -0.109. The zero-order chi connectivity index (χ0) is 19.6. The summed E-state index contributed by atoms with van der Waals surface area (Å²) in [7, 11) is -3.32. The molecule has 1 saturated heterocycles. The summed E-state index contributed by atoms with van der Waals surface area (Å²) in [6.45, 7) is 6.39. The first-order valence-corrected chi connectivity index (χ1v) is 10.6. The first-order chi connectivity index (χ1) is 12.0. The van der Waals surface area contributed by atoms with Crippen molar-refractivity contribution in [2.75, 3.05) is 19.3 Å². The highest BCUT2D eigenvalue weighted by molar-refractivity contribution is 7.90. The highest BCUT2D eigenvalue weighted by Crippen LogP contribution is 2.39. The molecule has 1 aromatic rings. The lowest BCUT2D eigenvalue weighted by atomic mass is 9.71. The third-order valence-corrected chi connectivity index (χ3v) is 5.83. The van der Waals surface area contributed by atoms with Gasteiger partial charge in [-0.15, -0.1) is 0 Å². The molecule has 0 spiro atoms. The smallest absolute Gasteiger partial charge is 0.410 e. The molecule has 0 unspecified atom stereocenters. The molecule has 0 radical (unpaired) electrons. The van der Waals surface area contributed by atoms with E-state index in [1.807, 2.05) is 26.8 Å². The summed E-state index contributed by atoms with van der Waals surface area (Å²) in [6, 6.07) is 6.78. The van der Waals surface area contributed by atoms with Crippen molar-refractivity contribution in [3.8, 4) is 0 Å². The van der Waals surface area contributed by atoms with Crippen molar-refractivity contribution in [2.45, 2.75) is 55.9 Å². The molecule has 1 fully saturated rings. The number of carbonyl (C=O) groups excluding carboxylic acids is 2. The van der Waals surface area contributed by atoms with Crippen LogP contribution in [0.4, 0.5) is 4.79 Å². The number of nitrogens with zero attached hydrogens (tertiary/aromatic N) is 1. The van der Waals surface area contributed by atoms with Crippen molar-refractivity contribution < 1.29 is 22.7 Å². The summed E-state index contributed by atoms with van der Waals surface area (Å²) in [6.07, 6.45) is 3.14. The molecule has 1 aromatic carbocycles. The van der Waals surface area contributed by atoms with Gasteiger partial charge in [-0.05, 0) is 51.3 Å². The molecule has 0 N–H and O–H groups in total. The Balaban J connectivity index is 2.23. The number of piperidine rings is 1. The maximum absolute atomic E-state index is 12.3. The minimum Gasteiger partial charge on any atom is -0.444 e.